The summed E-state index contributed by atoms with van der Waals surface area (Å²) in [7, 11) is 0. The van der Waals surface area contributed by atoms with Gasteiger partial charge in [-0.05, 0) is 48.6 Å². The minimum Gasteiger partial charge on any atom is -0.347 e. The van der Waals surface area contributed by atoms with Gasteiger partial charge in [0.2, 0.25) is 0 Å². The van der Waals surface area contributed by atoms with E-state index in [1.54, 1.807) is 12.1 Å². The third-order valence-corrected chi connectivity index (χ3v) is 4.05. The average Bonchev–Trinajstić information content (AvgIpc) is 2.58. The zero-order chi connectivity index (χ0) is 17.5. The molecule has 0 aliphatic rings. The van der Waals surface area contributed by atoms with Gasteiger partial charge in [0.15, 0.2) is 0 Å². The maximum atomic E-state index is 12.1. The van der Waals surface area contributed by atoms with Gasteiger partial charge in [0.05, 0.1) is 0 Å². The number of carbonyl (C=O) groups excluding carboxylic acids is 2. The van der Waals surface area contributed by atoms with Crippen molar-refractivity contribution >= 4 is 29.1 Å². The number of nitrogens with one attached hydrogen (secondary N) is 2. The first-order valence-electron chi connectivity index (χ1n) is 7.93. The molecule has 0 saturated heterocycles. The molecule has 0 unspecified atom stereocenters. The van der Waals surface area contributed by atoms with Gasteiger partial charge in [-0.2, -0.15) is 0 Å². The largest absolute Gasteiger partial charge is 0.347 e. The molecule has 24 heavy (non-hydrogen) atoms. The van der Waals surface area contributed by atoms with Crippen LogP contribution in [-0.4, -0.2) is 18.4 Å². The number of amides is 2. The predicted octanol–water partition coefficient (Wildman–Crippen LogP) is 3.51. The first-order valence-corrected chi connectivity index (χ1v) is 8.31. The van der Waals surface area contributed by atoms with Crippen LogP contribution in [0.5, 0.6) is 0 Å². The van der Waals surface area contributed by atoms with E-state index in [4.69, 9.17) is 11.6 Å². The van der Waals surface area contributed by atoms with Crippen LogP contribution in [0.25, 0.3) is 0 Å². The fraction of sp³-hybridized carbons (Fsp3) is 0.263. The third kappa shape index (κ3) is 4.83. The Kier molecular flexibility index (Phi) is 6.38. The lowest BCUT2D eigenvalue weighted by Crippen LogP contribution is -2.36. The van der Waals surface area contributed by atoms with Gasteiger partial charge in [-0.3, -0.25) is 9.59 Å². The number of halogens is 1. The van der Waals surface area contributed by atoms with E-state index in [0.29, 0.717) is 18.0 Å². The van der Waals surface area contributed by atoms with Crippen LogP contribution in [0.2, 0.25) is 5.02 Å². The molecular formula is C19H21ClN2O2. The van der Waals surface area contributed by atoms with Crippen LogP contribution in [0, 0.1) is 6.92 Å². The second-order valence-corrected chi connectivity index (χ2v) is 5.99. The van der Waals surface area contributed by atoms with Crippen molar-refractivity contribution in [1.29, 1.82) is 0 Å². The van der Waals surface area contributed by atoms with Crippen molar-refractivity contribution in [3.05, 3.63) is 64.2 Å². The molecule has 0 fully saturated rings. The highest BCUT2D eigenvalue weighted by atomic mass is 35.5. The molecule has 2 rings (SSSR count). The first kappa shape index (κ1) is 18.0. The van der Waals surface area contributed by atoms with E-state index in [0.717, 1.165) is 28.8 Å². The van der Waals surface area contributed by atoms with E-state index >= 15 is 0 Å². The molecule has 0 spiro atoms. The van der Waals surface area contributed by atoms with Crippen LogP contribution >= 0.6 is 11.6 Å². The van der Waals surface area contributed by atoms with E-state index in [1.165, 1.54) is 0 Å². The molecule has 0 aliphatic heterocycles. The van der Waals surface area contributed by atoms with Crippen molar-refractivity contribution in [3.63, 3.8) is 0 Å². The molecule has 5 heteroatoms. The van der Waals surface area contributed by atoms with Crippen LogP contribution in [0.1, 0.15) is 23.6 Å². The first-order chi connectivity index (χ1) is 11.5. The van der Waals surface area contributed by atoms with Gasteiger partial charge in [0, 0.05) is 17.3 Å². The molecule has 2 amide bonds. The topological polar surface area (TPSA) is 58.2 Å². The molecule has 2 aromatic rings. The minimum atomic E-state index is -0.643. The molecule has 0 saturated carbocycles. The lowest BCUT2D eigenvalue weighted by Gasteiger charge is -2.12. The molecule has 0 radical (unpaired) electrons. The number of anilines is 1. The highest BCUT2D eigenvalue weighted by Gasteiger charge is 2.15. The summed E-state index contributed by atoms with van der Waals surface area (Å²) in [6.07, 6.45) is 1.43. The Hall–Kier alpha value is -2.33. The number of carbonyl (C=O) groups is 2. The van der Waals surface area contributed by atoms with Crippen LogP contribution < -0.4 is 10.6 Å². The molecule has 4 nitrogen and oxygen atoms in total. The molecular weight excluding hydrogens is 324 g/mol. The van der Waals surface area contributed by atoms with Gasteiger partial charge in [-0.1, -0.05) is 48.9 Å². The maximum absolute atomic E-state index is 12.1. The van der Waals surface area contributed by atoms with Crippen LogP contribution in [0.4, 0.5) is 5.69 Å². The quantitative estimate of drug-likeness (QED) is 0.815. The third-order valence-electron chi connectivity index (χ3n) is 3.80. The zero-order valence-electron chi connectivity index (χ0n) is 13.9. The number of aryl methyl sites for hydroxylation is 2. The van der Waals surface area contributed by atoms with Gasteiger partial charge >= 0.3 is 11.8 Å². The molecule has 0 atom stereocenters. The van der Waals surface area contributed by atoms with Gasteiger partial charge in [-0.25, -0.2) is 0 Å². The van der Waals surface area contributed by atoms with Gasteiger partial charge in [-0.15, -0.1) is 0 Å². The number of rotatable bonds is 5. The van der Waals surface area contributed by atoms with Crippen molar-refractivity contribution in [2.75, 3.05) is 11.9 Å². The lowest BCUT2D eigenvalue weighted by molar-refractivity contribution is -0.136. The van der Waals surface area contributed by atoms with Crippen LogP contribution in [0.3, 0.4) is 0 Å². The Morgan fingerprint density at radius 2 is 1.75 bits per heavy atom. The number of para-hydroxylation sites is 1. The SMILES string of the molecule is CCc1cccc(C)c1NC(=O)C(=O)NCCc1ccc(Cl)cc1. The molecule has 0 bridgehead atoms. The Morgan fingerprint density at radius 3 is 2.42 bits per heavy atom. The Labute approximate surface area is 147 Å². The monoisotopic (exact) mass is 344 g/mol. The van der Waals surface area contributed by atoms with Crippen molar-refractivity contribution in [2.45, 2.75) is 26.7 Å². The molecule has 0 aromatic heterocycles. The maximum Gasteiger partial charge on any atom is 0.313 e. The summed E-state index contributed by atoms with van der Waals surface area (Å²) in [4.78, 5) is 24.0. The van der Waals surface area contributed by atoms with E-state index < -0.39 is 11.8 Å². The molecule has 2 aromatic carbocycles. The summed E-state index contributed by atoms with van der Waals surface area (Å²) < 4.78 is 0. The Morgan fingerprint density at radius 1 is 1.04 bits per heavy atom. The van der Waals surface area contributed by atoms with Crippen molar-refractivity contribution < 1.29 is 9.59 Å². The Balaban J connectivity index is 1.89. The summed E-state index contributed by atoms with van der Waals surface area (Å²) in [6, 6.07) is 13.2. The van der Waals surface area contributed by atoms with Gasteiger partial charge in [0.1, 0.15) is 0 Å². The second kappa shape index (κ2) is 8.50. The van der Waals surface area contributed by atoms with Crippen molar-refractivity contribution in [1.82, 2.24) is 5.32 Å². The summed E-state index contributed by atoms with van der Waals surface area (Å²) >= 11 is 5.83. The van der Waals surface area contributed by atoms with E-state index in [2.05, 4.69) is 10.6 Å². The van der Waals surface area contributed by atoms with E-state index in [1.807, 2.05) is 44.2 Å². The van der Waals surface area contributed by atoms with E-state index in [-0.39, 0.29) is 0 Å². The fourth-order valence-corrected chi connectivity index (χ4v) is 2.55. The van der Waals surface area contributed by atoms with Crippen LogP contribution in [0.15, 0.2) is 42.5 Å². The summed E-state index contributed by atoms with van der Waals surface area (Å²) in [5, 5.41) is 6.03. The van der Waals surface area contributed by atoms with Gasteiger partial charge in [0.25, 0.3) is 0 Å². The molecule has 126 valence electrons. The minimum absolute atomic E-state index is 0.391. The van der Waals surface area contributed by atoms with Crippen LogP contribution in [-0.2, 0) is 22.4 Å². The number of hydrogen-bond donors (Lipinski definition) is 2. The van der Waals surface area contributed by atoms with E-state index in [9.17, 15) is 9.59 Å². The highest BCUT2D eigenvalue weighted by Crippen LogP contribution is 2.20. The fourth-order valence-electron chi connectivity index (χ4n) is 2.42. The normalized spacial score (nSPS) is 10.3. The second-order valence-electron chi connectivity index (χ2n) is 5.55. The smallest absolute Gasteiger partial charge is 0.313 e. The summed E-state index contributed by atoms with van der Waals surface area (Å²) in [6.45, 7) is 4.31. The number of hydrogen-bond acceptors (Lipinski definition) is 2. The average molecular weight is 345 g/mol. The highest BCUT2D eigenvalue weighted by molar-refractivity contribution is 6.39. The predicted molar refractivity (Wildman–Crippen MR) is 97.4 cm³/mol. The molecule has 2 N–H and O–H groups in total. The molecule has 0 heterocycles. The Bertz CT molecular complexity index is 727. The lowest BCUT2D eigenvalue weighted by atomic mass is 10.1. The standard InChI is InChI=1S/C19H21ClN2O2/c1-3-15-6-4-5-13(2)17(15)22-19(24)18(23)21-12-11-14-7-9-16(20)10-8-14/h4-10H,3,11-12H2,1-2H3,(H,21,23)(H,22,24). The molecule has 0 aliphatic carbocycles. The van der Waals surface area contributed by atoms with Crippen molar-refractivity contribution in [3.8, 4) is 0 Å². The summed E-state index contributed by atoms with van der Waals surface area (Å²) in [5.41, 5.74) is 3.72. The van der Waals surface area contributed by atoms with Gasteiger partial charge < -0.3 is 10.6 Å². The number of benzene rings is 2. The summed E-state index contributed by atoms with van der Waals surface area (Å²) in [5.74, 6) is -1.27. The van der Waals surface area contributed by atoms with Crippen molar-refractivity contribution in [2.24, 2.45) is 0 Å². The zero-order valence-corrected chi connectivity index (χ0v) is 14.6.